The Hall–Kier alpha value is -4.45. The molecule has 0 aliphatic rings. The number of hydrogen-bond donors (Lipinski definition) is 1. The molecule has 0 spiro atoms. The molecule has 5 aromatic rings. The van der Waals surface area contributed by atoms with Crippen molar-refractivity contribution in [2.45, 2.75) is 6.42 Å². The number of benzene rings is 3. The second-order valence-corrected chi connectivity index (χ2v) is 7.92. The van der Waals surface area contributed by atoms with Crippen molar-refractivity contribution in [3.63, 3.8) is 0 Å². The lowest BCUT2D eigenvalue weighted by atomic mass is 10.1. The highest BCUT2D eigenvalue weighted by molar-refractivity contribution is 5.94. The molecular formula is C28H24N4O2. The number of aromatic nitrogens is 3. The lowest BCUT2D eigenvalue weighted by molar-refractivity contribution is 0.0949. The van der Waals surface area contributed by atoms with Crippen molar-refractivity contribution in [3.05, 3.63) is 108 Å². The fourth-order valence-corrected chi connectivity index (χ4v) is 3.88. The van der Waals surface area contributed by atoms with Gasteiger partial charge >= 0.3 is 0 Å². The average molecular weight is 449 g/mol. The van der Waals surface area contributed by atoms with E-state index in [-0.39, 0.29) is 5.91 Å². The van der Waals surface area contributed by atoms with E-state index in [0.717, 1.165) is 34.7 Å². The predicted octanol–water partition coefficient (Wildman–Crippen LogP) is 5.04. The van der Waals surface area contributed by atoms with Crippen LogP contribution in [0.5, 0.6) is 5.75 Å². The molecule has 0 saturated carbocycles. The normalized spacial score (nSPS) is 10.9. The maximum atomic E-state index is 13.0. The first-order valence-electron chi connectivity index (χ1n) is 11.1. The van der Waals surface area contributed by atoms with E-state index in [1.807, 2.05) is 78.9 Å². The molecule has 0 aliphatic heterocycles. The fourth-order valence-electron chi connectivity index (χ4n) is 3.88. The molecule has 2 heterocycles. The zero-order valence-electron chi connectivity index (χ0n) is 18.8. The molecule has 0 unspecified atom stereocenters. The number of rotatable bonds is 7. The van der Waals surface area contributed by atoms with Crippen molar-refractivity contribution in [1.29, 1.82) is 0 Å². The van der Waals surface area contributed by atoms with Gasteiger partial charge in [-0.15, -0.1) is 0 Å². The lowest BCUT2D eigenvalue weighted by Gasteiger charge is -2.10. The third-order valence-corrected chi connectivity index (χ3v) is 5.64. The van der Waals surface area contributed by atoms with Gasteiger partial charge in [0.25, 0.3) is 5.91 Å². The van der Waals surface area contributed by atoms with Gasteiger partial charge in [-0.1, -0.05) is 72.8 Å². The van der Waals surface area contributed by atoms with E-state index in [0.29, 0.717) is 17.9 Å². The monoisotopic (exact) mass is 448 g/mol. The van der Waals surface area contributed by atoms with Crippen molar-refractivity contribution in [2.24, 2.45) is 0 Å². The van der Waals surface area contributed by atoms with Crippen LogP contribution >= 0.6 is 0 Å². The van der Waals surface area contributed by atoms with Crippen LogP contribution in [0.25, 0.3) is 28.2 Å². The molecule has 0 radical (unpaired) electrons. The summed E-state index contributed by atoms with van der Waals surface area (Å²) in [6.45, 7) is 0.527. The Balaban J connectivity index is 1.52. The lowest BCUT2D eigenvalue weighted by Crippen LogP contribution is -2.27. The Labute approximate surface area is 197 Å². The highest BCUT2D eigenvalue weighted by atomic mass is 16.5. The summed E-state index contributed by atoms with van der Waals surface area (Å²) < 4.78 is 7.19. The van der Waals surface area contributed by atoms with Gasteiger partial charge in [0.15, 0.2) is 5.65 Å². The molecule has 0 fully saturated rings. The van der Waals surface area contributed by atoms with Gasteiger partial charge < -0.3 is 10.1 Å². The van der Waals surface area contributed by atoms with Crippen molar-refractivity contribution in [1.82, 2.24) is 19.9 Å². The number of nitrogens with one attached hydrogen (secondary N) is 1. The number of nitrogens with zero attached hydrogens (tertiary/aromatic N) is 3. The summed E-state index contributed by atoms with van der Waals surface area (Å²) in [5.74, 6) is 0.511. The van der Waals surface area contributed by atoms with Gasteiger partial charge in [0.2, 0.25) is 0 Å². The number of carbonyl (C=O) groups excluding carboxylic acids is 1. The first-order chi connectivity index (χ1) is 16.7. The number of amides is 1. The number of methoxy groups -OCH3 is 1. The summed E-state index contributed by atoms with van der Waals surface area (Å²) in [5, 5.41) is 7.79. The topological polar surface area (TPSA) is 68.5 Å². The molecule has 0 bridgehead atoms. The quantitative estimate of drug-likeness (QED) is 0.379. The van der Waals surface area contributed by atoms with Crippen LogP contribution in [0.1, 0.15) is 16.1 Å². The molecule has 2 aromatic heterocycles. The Morgan fingerprint density at radius 3 is 2.38 bits per heavy atom. The maximum Gasteiger partial charge on any atom is 0.270 e. The van der Waals surface area contributed by atoms with E-state index in [1.165, 1.54) is 5.56 Å². The van der Waals surface area contributed by atoms with Crippen LogP contribution in [-0.2, 0) is 6.42 Å². The zero-order chi connectivity index (χ0) is 23.3. The minimum absolute atomic E-state index is 0.218. The molecule has 1 N–H and O–H groups in total. The smallest absolute Gasteiger partial charge is 0.270 e. The van der Waals surface area contributed by atoms with Crippen LogP contribution in [0.4, 0.5) is 0 Å². The molecule has 0 atom stereocenters. The second-order valence-electron chi connectivity index (χ2n) is 7.92. The molecule has 3 aromatic carbocycles. The average Bonchev–Trinajstić information content (AvgIpc) is 3.33. The fraction of sp³-hybridized carbons (Fsp3) is 0.107. The van der Waals surface area contributed by atoms with Crippen LogP contribution in [-0.4, -0.2) is 34.2 Å². The Morgan fingerprint density at radius 1 is 0.882 bits per heavy atom. The van der Waals surface area contributed by atoms with Crippen LogP contribution in [0, 0.1) is 0 Å². The van der Waals surface area contributed by atoms with E-state index in [4.69, 9.17) is 9.84 Å². The molecule has 168 valence electrons. The highest BCUT2D eigenvalue weighted by Gasteiger charge is 2.16. The zero-order valence-corrected chi connectivity index (χ0v) is 18.8. The van der Waals surface area contributed by atoms with Crippen LogP contribution in [0.3, 0.4) is 0 Å². The van der Waals surface area contributed by atoms with Crippen molar-refractivity contribution >= 4 is 11.6 Å². The Kier molecular flexibility index (Phi) is 6.03. The Bertz CT molecular complexity index is 1430. The summed E-state index contributed by atoms with van der Waals surface area (Å²) in [5.41, 5.74) is 5.54. The van der Waals surface area contributed by atoms with Gasteiger partial charge in [-0.2, -0.15) is 5.10 Å². The first-order valence-corrected chi connectivity index (χ1v) is 11.1. The van der Waals surface area contributed by atoms with Gasteiger partial charge in [-0.25, -0.2) is 9.50 Å². The summed E-state index contributed by atoms with van der Waals surface area (Å²) in [6, 6.07) is 31.4. The summed E-state index contributed by atoms with van der Waals surface area (Å²) in [7, 11) is 1.63. The van der Waals surface area contributed by atoms with E-state index in [1.54, 1.807) is 17.7 Å². The van der Waals surface area contributed by atoms with Crippen LogP contribution < -0.4 is 10.1 Å². The van der Waals surface area contributed by atoms with E-state index in [9.17, 15) is 4.79 Å². The number of ether oxygens (including phenoxy) is 1. The summed E-state index contributed by atoms with van der Waals surface area (Å²) in [6.07, 6.45) is 0.752. The van der Waals surface area contributed by atoms with Gasteiger partial charge in [-0.3, -0.25) is 4.79 Å². The van der Waals surface area contributed by atoms with Gasteiger partial charge in [0, 0.05) is 23.7 Å². The Morgan fingerprint density at radius 2 is 1.62 bits per heavy atom. The SMILES string of the molecule is COc1cccc(-c2cc(C(=O)NCCc3ccccc3)nc3cc(-c4ccccc4)nn23)c1. The predicted molar refractivity (Wildman–Crippen MR) is 133 cm³/mol. The summed E-state index contributed by atoms with van der Waals surface area (Å²) in [4.78, 5) is 17.7. The minimum Gasteiger partial charge on any atom is -0.497 e. The standard InChI is InChI=1S/C28H24N4O2/c1-34-23-14-8-13-22(17-23)26-18-25(28(33)29-16-15-20-9-4-2-5-10-20)30-27-19-24(31-32(26)27)21-11-6-3-7-12-21/h2-14,17-19H,15-16H2,1H3,(H,29,33). The van der Waals surface area contributed by atoms with Crippen molar-refractivity contribution < 1.29 is 9.53 Å². The van der Waals surface area contributed by atoms with E-state index >= 15 is 0 Å². The first kappa shape index (κ1) is 21.4. The maximum absolute atomic E-state index is 13.0. The third kappa shape index (κ3) is 4.52. The van der Waals surface area contributed by atoms with Crippen molar-refractivity contribution in [3.8, 4) is 28.3 Å². The molecule has 1 amide bonds. The van der Waals surface area contributed by atoms with Gasteiger partial charge in [0.05, 0.1) is 18.5 Å². The van der Waals surface area contributed by atoms with Crippen LogP contribution in [0.2, 0.25) is 0 Å². The van der Waals surface area contributed by atoms with Gasteiger partial charge in [-0.05, 0) is 30.2 Å². The molecule has 5 rings (SSSR count). The molecule has 34 heavy (non-hydrogen) atoms. The third-order valence-electron chi connectivity index (χ3n) is 5.64. The minimum atomic E-state index is -0.218. The molecule has 6 nitrogen and oxygen atoms in total. The van der Waals surface area contributed by atoms with Crippen LogP contribution in [0.15, 0.2) is 97.1 Å². The highest BCUT2D eigenvalue weighted by Crippen LogP contribution is 2.27. The molecular weight excluding hydrogens is 424 g/mol. The number of fused-ring (bicyclic) bond motifs is 1. The van der Waals surface area contributed by atoms with E-state index in [2.05, 4.69) is 22.4 Å². The molecule has 0 saturated heterocycles. The van der Waals surface area contributed by atoms with Crippen molar-refractivity contribution in [2.75, 3.05) is 13.7 Å². The number of hydrogen-bond acceptors (Lipinski definition) is 4. The molecule has 0 aliphatic carbocycles. The summed E-state index contributed by atoms with van der Waals surface area (Å²) >= 11 is 0. The largest absolute Gasteiger partial charge is 0.497 e. The second kappa shape index (κ2) is 9.58. The molecule has 6 heteroatoms. The van der Waals surface area contributed by atoms with E-state index < -0.39 is 0 Å². The van der Waals surface area contributed by atoms with Gasteiger partial charge in [0.1, 0.15) is 11.4 Å². The number of carbonyl (C=O) groups is 1.